The van der Waals surface area contributed by atoms with Crippen molar-refractivity contribution in [2.75, 3.05) is 31.9 Å². The quantitative estimate of drug-likeness (QED) is 0.902. The van der Waals surface area contributed by atoms with Crippen LogP contribution in [0.5, 0.6) is 0 Å². The fraction of sp³-hybridized carbons (Fsp3) is 0.692. The lowest BCUT2D eigenvalue weighted by molar-refractivity contribution is 0.135. The zero-order chi connectivity index (χ0) is 13.8. The predicted octanol–water partition coefficient (Wildman–Crippen LogP) is 1.56. The van der Waals surface area contributed by atoms with Gasteiger partial charge in [-0.05, 0) is 32.8 Å². The van der Waals surface area contributed by atoms with Crippen molar-refractivity contribution in [3.8, 4) is 0 Å². The second-order valence-corrected chi connectivity index (χ2v) is 4.89. The number of amides is 2. The normalized spacial score (nSPS) is 16.6. The van der Waals surface area contributed by atoms with Crippen molar-refractivity contribution in [1.82, 2.24) is 19.6 Å². The number of nitrogens with zero attached hydrogens (tertiary/aromatic N) is 4. The standard InChI is InChI=1S/C13H23N5O/c1-3-16(4-2)13(19)17-8-5-11(6-9-17)18-10-7-12(14)15-18/h7,10-11H,3-6,8-9H2,1-2H3,(H2,14,15). The Morgan fingerprint density at radius 2 is 2.05 bits per heavy atom. The number of piperidine rings is 1. The first-order valence-corrected chi connectivity index (χ1v) is 7.00. The number of rotatable bonds is 3. The molecule has 0 aromatic carbocycles. The minimum absolute atomic E-state index is 0.156. The van der Waals surface area contributed by atoms with Gasteiger partial charge in [-0.25, -0.2) is 4.79 Å². The molecule has 1 saturated heterocycles. The van der Waals surface area contributed by atoms with Gasteiger partial charge in [0.2, 0.25) is 0 Å². The van der Waals surface area contributed by atoms with Gasteiger partial charge in [-0.1, -0.05) is 0 Å². The molecule has 1 aromatic rings. The van der Waals surface area contributed by atoms with Crippen molar-refractivity contribution in [2.45, 2.75) is 32.7 Å². The molecule has 1 aliphatic rings. The molecule has 0 aliphatic carbocycles. The monoisotopic (exact) mass is 265 g/mol. The van der Waals surface area contributed by atoms with E-state index in [0.717, 1.165) is 39.0 Å². The van der Waals surface area contributed by atoms with Gasteiger partial charge in [0.05, 0.1) is 6.04 Å². The first-order valence-electron chi connectivity index (χ1n) is 7.00. The van der Waals surface area contributed by atoms with Gasteiger partial charge < -0.3 is 15.5 Å². The molecule has 0 atom stereocenters. The largest absolute Gasteiger partial charge is 0.382 e. The van der Waals surface area contributed by atoms with E-state index in [1.54, 1.807) is 0 Å². The Hall–Kier alpha value is -1.72. The second-order valence-electron chi connectivity index (χ2n) is 4.89. The molecule has 1 fully saturated rings. The van der Waals surface area contributed by atoms with Crippen LogP contribution in [-0.2, 0) is 0 Å². The van der Waals surface area contributed by atoms with Crippen LogP contribution in [-0.4, -0.2) is 51.8 Å². The van der Waals surface area contributed by atoms with Crippen LogP contribution in [0.15, 0.2) is 12.3 Å². The molecule has 2 amide bonds. The summed E-state index contributed by atoms with van der Waals surface area (Å²) in [6, 6.07) is 2.33. The van der Waals surface area contributed by atoms with E-state index >= 15 is 0 Å². The van der Waals surface area contributed by atoms with Gasteiger partial charge in [0, 0.05) is 32.4 Å². The average Bonchev–Trinajstić information content (AvgIpc) is 2.87. The first kappa shape index (κ1) is 13.7. The zero-order valence-electron chi connectivity index (χ0n) is 11.7. The summed E-state index contributed by atoms with van der Waals surface area (Å²) in [5, 5.41) is 4.25. The Kier molecular flexibility index (Phi) is 4.29. The highest BCUT2D eigenvalue weighted by molar-refractivity contribution is 5.74. The maximum absolute atomic E-state index is 12.2. The number of nitrogens with two attached hydrogens (primary N) is 1. The van der Waals surface area contributed by atoms with Crippen LogP contribution in [0.1, 0.15) is 32.7 Å². The molecule has 0 unspecified atom stereocenters. The number of nitrogen functional groups attached to an aromatic ring is 1. The average molecular weight is 265 g/mol. The van der Waals surface area contributed by atoms with E-state index in [1.807, 2.05) is 40.6 Å². The maximum Gasteiger partial charge on any atom is 0.319 e. The number of carbonyl (C=O) groups is 1. The molecule has 1 aliphatic heterocycles. The van der Waals surface area contributed by atoms with Gasteiger partial charge in [0.15, 0.2) is 0 Å². The van der Waals surface area contributed by atoms with Crippen molar-refractivity contribution in [3.63, 3.8) is 0 Å². The molecule has 1 aromatic heterocycles. The smallest absolute Gasteiger partial charge is 0.319 e. The van der Waals surface area contributed by atoms with Crippen LogP contribution in [0, 0.1) is 0 Å². The van der Waals surface area contributed by atoms with Crippen LogP contribution in [0.4, 0.5) is 10.6 Å². The van der Waals surface area contributed by atoms with Gasteiger partial charge in [-0.15, -0.1) is 0 Å². The summed E-state index contributed by atoms with van der Waals surface area (Å²) >= 11 is 0. The third kappa shape index (κ3) is 3.00. The summed E-state index contributed by atoms with van der Waals surface area (Å²) in [5.74, 6) is 0.557. The lowest BCUT2D eigenvalue weighted by Gasteiger charge is -2.35. The van der Waals surface area contributed by atoms with E-state index in [2.05, 4.69) is 5.10 Å². The topological polar surface area (TPSA) is 67.4 Å². The van der Waals surface area contributed by atoms with Crippen LogP contribution >= 0.6 is 0 Å². The Morgan fingerprint density at radius 3 is 2.53 bits per heavy atom. The number of hydrogen-bond acceptors (Lipinski definition) is 3. The summed E-state index contributed by atoms with van der Waals surface area (Å²) in [4.78, 5) is 16.0. The van der Waals surface area contributed by atoms with Crippen LogP contribution in [0.3, 0.4) is 0 Å². The van der Waals surface area contributed by atoms with Crippen molar-refractivity contribution >= 4 is 11.8 Å². The van der Waals surface area contributed by atoms with Crippen molar-refractivity contribution < 1.29 is 4.79 Å². The third-order valence-corrected chi connectivity index (χ3v) is 3.77. The van der Waals surface area contributed by atoms with E-state index < -0.39 is 0 Å². The Morgan fingerprint density at radius 1 is 1.42 bits per heavy atom. The lowest BCUT2D eigenvalue weighted by Crippen LogP contribution is -2.46. The molecule has 2 heterocycles. The number of likely N-dealkylation sites (tertiary alicyclic amines) is 1. The summed E-state index contributed by atoms with van der Waals surface area (Å²) < 4.78 is 1.93. The summed E-state index contributed by atoms with van der Waals surface area (Å²) in [6.45, 7) is 7.15. The summed E-state index contributed by atoms with van der Waals surface area (Å²) in [6.07, 6.45) is 3.80. The molecule has 19 heavy (non-hydrogen) atoms. The molecule has 2 rings (SSSR count). The molecule has 0 saturated carbocycles. The second kappa shape index (κ2) is 5.95. The van der Waals surface area contributed by atoms with E-state index in [9.17, 15) is 4.79 Å². The number of anilines is 1. The van der Waals surface area contributed by atoms with E-state index in [0.29, 0.717) is 11.9 Å². The summed E-state index contributed by atoms with van der Waals surface area (Å²) in [7, 11) is 0. The molecule has 106 valence electrons. The van der Waals surface area contributed by atoms with Gasteiger partial charge >= 0.3 is 6.03 Å². The fourth-order valence-corrected chi connectivity index (χ4v) is 2.57. The van der Waals surface area contributed by atoms with Gasteiger partial charge in [-0.2, -0.15) is 5.10 Å². The van der Waals surface area contributed by atoms with Gasteiger partial charge in [0.1, 0.15) is 5.82 Å². The van der Waals surface area contributed by atoms with Crippen LogP contribution in [0.2, 0.25) is 0 Å². The zero-order valence-corrected chi connectivity index (χ0v) is 11.7. The molecule has 0 spiro atoms. The summed E-state index contributed by atoms with van der Waals surface area (Å²) in [5.41, 5.74) is 5.63. The molecule has 0 radical (unpaired) electrons. The van der Waals surface area contributed by atoms with Crippen molar-refractivity contribution in [2.24, 2.45) is 0 Å². The van der Waals surface area contributed by atoms with Crippen LogP contribution in [0.25, 0.3) is 0 Å². The molecular weight excluding hydrogens is 242 g/mol. The predicted molar refractivity (Wildman–Crippen MR) is 74.8 cm³/mol. The highest BCUT2D eigenvalue weighted by Crippen LogP contribution is 2.22. The first-order chi connectivity index (χ1) is 9.15. The molecule has 2 N–H and O–H groups in total. The number of carbonyl (C=O) groups excluding carboxylic acids is 1. The Labute approximate surface area is 114 Å². The Bertz CT molecular complexity index is 418. The van der Waals surface area contributed by atoms with E-state index in [4.69, 9.17) is 5.73 Å². The SMILES string of the molecule is CCN(CC)C(=O)N1CCC(n2ccc(N)n2)CC1. The maximum atomic E-state index is 12.2. The molecule has 0 bridgehead atoms. The van der Waals surface area contributed by atoms with E-state index in [-0.39, 0.29) is 6.03 Å². The van der Waals surface area contributed by atoms with Crippen molar-refractivity contribution in [1.29, 1.82) is 0 Å². The number of urea groups is 1. The van der Waals surface area contributed by atoms with Gasteiger partial charge in [-0.3, -0.25) is 4.68 Å². The van der Waals surface area contributed by atoms with Crippen LogP contribution < -0.4 is 5.73 Å². The van der Waals surface area contributed by atoms with Crippen molar-refractivity contribution in [3.05, 3.63) is 12.3 Å². The minimum atomic E-state index is 0.156. The lowest BCUT2D eigenvalue weighted by atomic mass is 10.1. The highest BCUT2D eigenvalue weighted by atomic mass is 16.2. The minimum Gasteiger partial charge on any atom is -0.382 e. The number of hydrogen-bond donors (Lipinski definition) is 1. The number of aromatic nitrogens is 2. The molecule has 6 heteroatoms. The highest BCUT2D eigenvalue weighted by Gasteiger charge is 2.26. The molecule has 6 nitrogen and oxygen atoms in total. The Balaban J connectivity index is 1.90. The molecular formula is C13H23N5O. The van der Waals surface area contributed by atoms with Gasteiger partial charge in [0.25, 0.3) is 0 Å². The third-order valence-electron chi connectivity index (χ3n) is 3.77. The fourth-order valence-electron chi connectivity index (χ4n) is 2.57. The van der Waals surface area contributed by atoms with E-state index in [1.165, 1.54) is 0 Å².